The van der Waals surface area contributed by atoms with Gasteiger partial charge in [0.1, 0.15) is 5.75 Å². The smallest absolute Gasteiger partial charge is 0.387 e. The van der Waals surface area contributed by atoms with Crippen molar-refractivity contribution in [2.45, 2.75) is 38.5 Å². The van der Waals surface area contributed by atoms with Crippen molar-refractivity contribution in [1.29, 1.82) is 0 Å². The Kier molecular flexibility index (Phi) is 4.40. The highest BCUT2D eigenvalue weighted by atomic mass is 19.3. The lowest BCUT2D eigenvalue weighted by Crippen LogP contribution is -2.56. The fourth-order valence-corrected chi connectivity index (χ4v) is 3.51. The Morgan fingerprint density at radius 2 is 1.86 bits per heavy atom. The number of rotatable bonds is 5. The lowest BCUT2D eigenvalue weighted by molar-refractivity contribution is -0.0498. The Bertz CT molecular complexity index is 458. The molecule has 2 unspecified atom stereocenters. The van der Waals surface area contributed by atoms with E-state index < -0.39 is 6.61 Å². The van der Waals surface area contributed by atoms with Gasteiger partial charge in [-0.3, -0.25) is 0 Å². The summed E-state index contributed by atoms with van der Waals surface area (Å²) in [6.07, 6.45) is 2.57. The predicted octanol–water partition coefficient (Wildman–Crippen LogP) is 3.03. The molecule has 1 aromatic carbocycles. The largest absolute Gasteiger partial charge is 0.435 e. The van der Waals surface area contributed by atoms with E-state index in [9.17, 15) is 8.78 Å². The van der Waals surface area contributed by atoms with Gasteiger partial charge in [-0.25, -0.2) is 0 Å². The summed E-state index contributed by atoms with van der Waals surface area (Å²) < 4.78 is 28.6. The summed E-state index contributed by atoms with van der Waals surface area (Å²) in [4.78, 5) is 2.52. The van der Waals surface area contributed by atoms with Crippen molar-refractivity contribution in [3.63, 3.8) is 0 Å². The van der Waals surface area contributed by atoms with Gasteiger partial charge in [-0.1, -0.05) is 12.1 Å². The van der Waals surface area contributed by atoms with Gasteiger partial charge in [0, 0.05) is 18.6 Å². The van der Waals surface area contributed by atoms with Crippen molar-refractivity contribution < 1.29 is 13.5 Å². The number of fused-ring (bicyclic) bond motifs is 3. The standard InChI is InChI=1S/C16H22F2N2O/c1-11(12-2-4-14(5-3-12)21-16(17)18)19-15-10-20-8-6-13(15)7-9-20/h2-5,11,13,15-16,19H,6-10H2,1H3. The molecule has 5 heteroatoms. The molecule has 0 amide bonds. The molecule has 1 aromatic rings. The van der Waals surface area contributed by atoms with Crippen LogP contribution in [0.4, 0.5) is 8.78 Å². The molecule has 1 N–H and O–H groups in total. The van der Waals surface area contributed by atoms with E-state index in [1.807, 2.05) is 12.1 Å². The number of piperidine rings is 3. The number of hydrogen-bond acceptors (Lipinski definition) is 3. The zero-order valence-corrected chi connectivity index (χ0v) is 12.3. The zero-order chi connectivity index (χ0) is 14.8. The molecule has 21 heavy (non-hydrogen) atoms. The maximum atomic E-state index is 12.1. The molecule has 3 heterocycles. The van der Waals surface area contributed by atoms with Crippen molar-refractivity contribution in [3.05, 3.63) is 29.8 Å². The lowest BCUT2D eigenvalue weighted by atomic mass is 9.83. The molecule has 2 bridgehead atoms. The average molecular weight is 296 g/mol. The predicted molar refractivity (Wildman–Crippen MR) is 77.6 cm³/mol. The molecule has 116 valence electrons. The normalized spacial score (nSPS) is 29.6. The molecule has 0 aromatic heterocycles. The van der Waals surface area contributed by atoms with Crippen molar-refractivity contribution in [2.24, 2.45) is 5.92 Å². The summed E-state index contributed by atoms with van der Waals surface area (Å²) in [6.45, 7) is 2.95. The quantitative estimate of drug-likeness (QED) is 0.904. The van der Waals surface area contributed by atoms with E-state index in [4.69, 9.17) is 0 Å². The van der Waals surface area contributed by atoms with Crippen LogP contribution in [0.25, 0.3) is 0 Å². The van der Waals surface area contributed by atoms with E-state index >= 15 is 0 Å². The summed E-state index contributed by atoms with van der Waals surface area (Å²) in [6, 6.07) is 7.69. The third-order valence-electron chi connectivity index (χ3n) is 4.73. The van der Waals surface area contributed by atoms with Crippen molar-refractivity contribution in [2.75, 3.05) is 19.6 Å². The highest BCUT2D eigenvalue weighted by molar-refractivity contribution is 5.29. The molecule has 0 radical (unpaired) electrons. The highest BCUT2D eigenvalue weighted by Gasteiger charge is 2.34. The lowest BCUT2D eigenvalue weighted by Gasteiger charge is -2.46. The monoisotopic (exact) mass is 296 g/mol. The van der Waals surface area contributed by atoms with Crippen LogP contribution in [0.1, 0.15) is 31.4 Å². The summed E-state index contributed by atoms with van der Waals surface area (Å²) >= 11 is 0. The van der Waals surface area contributed by atoms with E-state index in [1.54, 1.807) is 12.1 Å². The Labute approximate surface area is 124 Å². The number of benzene rings is 1. The molecule has 3 aliphatic heterocycles. The summed E-state index contributed by atoms with van der Waals surface area (Å²) in [5, 5.41) is 3.70. The Morgan fingerprint density at radius 3 is 2.38 bits per heavy atom. The van der Waals surface area contributed by atoms with Crippen LogP contribution in [-0.2, 0) is 0 Å². The Balaban J connectivity index is 1.58. The van der Waals surface area contributed by atoms with E-state index in [1.165, 1.54) is 25.9 Å². The number of halogens is 2. The minimum atomic E-state index is -2.77. The van der Waals surface area contributed by atoms with E-state index in [0.717, 1.165) is 18.0 Å². The molecule has 0 saturated carbocycles. The van der Waals surface area contributed by atoms with Gasteiger partial charge in [0.25, 0.3) is 0 Å². The second-order valence-electron chi connectivity index (χ2n) is 6.08. The number of alkyl halides is 2. The molecule has 0 spiro atoms. The average Bonchev–Trinajstić information content (AvgIpc) is 2.48. The van der Waals surface area contributed by atoms with Gasteiger partial charge in [0.05, 0.1) is 0 Å². The van der Waals surface area contributed by atoms with Crippen molar-refractivity contribution in [3.8, 4) is 5.75 Å². The highest BCUT2D eigenvalue weighted by Crippen LogP contribution is 2.29. The SMILES string of the molecule is CC(NC1CN2CCC1CC2)c1ccc(OC(F)F)cc1. The van der Waals surface area contributed by atoms with E-state index in [-0.39, 0.29) is 11.8 Å². The van der Waals surface area contributed by atoms with Gasteiger partial charge in [-0.2, -0.15) is 8.78 Å². The van der Waals surface area contributed by atoms with Gasteiger partial charge >= 0.3 is 6.61 Å². The fourth-order valence-electron chi connectivity index (χ4n) is 3.51. The second kappa shape index (κ2) is 6.28. The molecule has 2 atom stereocenters. The first-order valence-corrected chi connectivity index (χ1v) is 7.65. The third-order valence-corrected chi connectivity index (χ3v) is 4.73. The van der Waals surface area contributed by atoms with Gasteiger partial charge in [-0.15, -0.1) is 0 Å². The van der Waals surface area contributed by atoms with Crippen LogP contribution in [0, 0.1) is 5.92 Å². The first kappa shape index (κ1) is 14.7. The summed E-state index contributed by atoms with van der Waals surface area (Å²) in [5.41, 5.74) is 1.10. The van der Waals surface area contributed by atoms with Gasteiger partial charge in [0.2, 0.25) is 0 Å². The second-order valence-corrected chi connectivity index (χ2v) is 6.08. The van der Waals surface area contributed by atoms with Crippen LogP contribution in [0.15, 0.2) is 24.3 Å². The molecule has 3 aliphatic rings. The number of nitrogens with zero attached hydrogens (tertiary/aromatic N) is 1. The summed E-state index contributed by atoms with van der Waals surface area (Å²) in [7, 11) is 0. The zero-order valence-electron chi connectivity index (χ0n) is 12.3. The maximum absolute atomic E-state index is 12.1. The Morgan fingerprint density at radius 1 is 1.19 bits per heavy atom. The van der Waals surface area contributed by atoms with Crippen LogP contribution in [0.2, 0.25) is 0 Å². The first-order chi connectivity index (χ1) is 10.1. The third kappa shape index (κ3) is 3.52. The number of nitrogens with one attached hydrogen (secondary N) is 1. The van der Waals surface area contributed by atoms with Crippen LogP contribution >= 0.6 is 0 Å². The Hall–Kier alpha value is -1.20. The first-order valence-electron chi connectivity index (χ1n) is 7.65. The van der Waals surface area contributed by atoms with Crippen LogP contribution in [0.3, 0.4) is 0 Å². The topological polar surface area (TPSA) is 24.5 Å². The minimum absolute atomic E-state index is 0.212. The van der Waals surface area contributed by atoms with Crippen molar-refractivity contribution >= 4 is 0 Å². The molecule has 0 aliphatic carbocycles. The molecule has 3 saturated heterocycles. The molecule has 4 rings (SSSR count). The number of hydrogen-bond donors (Lipinski definition) is 1. The van der Waals surface area contributed by atoms with Gasteiger partial charge in [0.15, 0.2) is 0 Å². The van der Waals surface area contributed by atoms with Gasteiger partial charge in [-0.05, 0) is 56.5 Å². The molecule has 3 nitrogen and oxygen atoms in total. The summed E-state index contributed by atoms with van der Waals surface area (Å²) in [5.74, 6) is 0.989. The molecular formula is C16H22F2N2O. The van der Waals surface area contributed by atoms with Crippen LogP contribution in [-0.4, -0.2) is 37.2 Å². The fraction of sp³-hybridized carbons (Fsp3) is 0.625. The van der Waals surface area contributed by atoms with E-state index in [0.29, 0.717) is 6.04 Å². The molecular weight excluding hydrogens is 274 g/mol. The maximum Gasteiger partial charge on any atom is 0.387 e. The molecule has 3 fully saturated rings. The van der Waals surface area contributed by atoms with Crippen LogP contribution < -0.4 is 10.1 Å². The van der Waals surface area contributed by atoms with Gasteiger partial charge < -0.3 is 15.0 Å². The van der Waals surface area contributed by atoms with Crippen LogP contribution in [0.5, 0.6) is 5.75 Å². The minimum Gasteiger partial charge on any atom is -0.435 e. The van der Waals surface area contributed by atoms with E-state index in [2.05, 4.69) is 21.9 Å². The van der Waals surface area contributed by atoms with Crippen molar-refractivity contribution in [1.82, 2.24) is 10.2 Å². The number of ether oxygens (including phenoxy) is 1.